The molecule has 0 saturated carbocycles. The predicted molar refractivity (Wildman–Crippen MR) is 67.0 cm³/mol. The third kappa shape index (κ3) is 2.13. The van der Waals surface area contributed by atoms with Gasteiger partial charge in [-0.3, -0.25) is 9.69 Å². The molecule has 1 amide bonds. The van der Waals surface area contributed by atoms with Gasteiger partial charge in [-0.2, -0.15) is 5.10 Å². The first-order valence-electron chi connectivity index (χ1n) is 5.98. The summed E-state index contributed by atoms with van der Waals surface area (Å²) in [5, 5.41) is 16.3. The van der Waals surface area contributed by atoms with Crippen LogP contribution >= 0.6 is 11.8 Å². The maximum absolute atomic E-state index is 12.0. The Balaban J connectivity index is 0.00000132. The van der Waals surface area contributed by atoms with E-state index in [1.165, 1.54) is 22.1 Å². The van der Waals surface area contributed by atoms with Gasteiger partial charge in [0.05, 0.1) is 29.5 Å². The smallest absolute Gasteiger partial charge is 0.543 e. The van der Waals surface area contributed by atoms with Gasteiger partial charge in [0.1, 0.15) is 12.0 Å². The number of nitrogens with zero attached hydrogens (tertiary/aromatic N) is 3. The normalized spacial score (nSPS) is 23.9. The van der Waals surface area contributed by atoms with Gasteiger partial charge in [-0.15, -0.1) is 11.8 Å². The van der Waals surface area contributed by atoms with Crippen LogP contribution in [0, 0.1) is 0 Å². The van der Waals surface area contributed by atoms with Crippen LogP contribution in [0.1, 0.15) is 5.69 Å². The number of ether oxygens (including phenoxy) is 1. The minimum Gasteiger partial charge on any atom is -0.543 e. The molecule has 102 valence electrons. The maximum Gasteiger partial charge on any atom is 1.00 e. The summed E-state index contributed by atoms with van der Waals surface area (Å²) in [5.74, 6) is -0.959. The summed E-state index contributed by atoms with van der Waals surface area (Å²) >= 11 is 1.28. The Kier molecular flexibility index (Phi) is 3.64. The SMILES string of the molecule is O=C([O-])C1=CS[C@@H]2/C(=C\c3cc4n(n3)CCO4)C(=O)N12.[Na+]. The molecule has 0 aromatic carbocycles. The molecule has 4 heterocycles. The minimum absolute atomic E-state index is 0. The Hall–Kier alpha value is -1.22. The minimum atomic E-state index is -1.33. The monoisotopic (exact) mass is 313 g/mol. The molecule has 0 aliphatic carbocycles. The Morgan fingerprint density at radius 1 is 1.57 bits per heavy atom. The first kappa shape index (κ1) is 14.7. The number of fused-ring (bicyclic) bond motifs is 2. The molecule has 4 rings (SSSR count). The molecule has 0 unspecified atom stereocenters. The summed E-state index contributed by atoms with van der Waals surface area (Å²) < 4.78 is 7.08. The number of aromatic nitrogens is 2. The van der Waals surface area contributed by atoms with Crippen molar-refractivity contribution in [3.63, 3.8) is 0 Å². The molecule has 0 spiro atoms. The Morgan fingerprint density at radius 2 is 2.38 bits per heavy atom. The number of rotatable bonds is 2. The molecule has 0 radical (unpaired) electrons. The van der Waals surface area contributed by atoms with Crippen molar-refractivity contribution < 1.29 is 49.0 Å². The predicted octanol–water partition coefficient (Wildman–Crippen LogP) is -3.83. The number of carbonyl (C=O) groups is 2. The summed E-state index contributed by atoms with van der Waals surface area (Å²) in [7, 11) is 0. The van der Waals surface area contributed by atoms with Crippen LogP contribution in [0.25, 0.3) is 6.08 Å². The molecule has 1 aromatic rings. The number of thioether (sulfide) groups is 1. The van der Waals surface area contributed by atoms with Crippen LogP contribution < -0.4 is 39.4 Å². The fraction of sp³-hybridized carbons (Fsp3) is 0.250. The topological polar surface area (TPSA) is 87.5 Å². The van der Waals surface area contributed by atoms with Crippen LogP contribution in [0.3, 0.4) is 0 Å². The van der Waals surface area contributed by atoms with E-state index in [2.05, 4.69) is 5.10 Å². The van der Waals surface area contributed by atoms with Crippen molar-refractivity contribution >= 4 is 29.7 Å². The fourth-order valence-corrected chi connectivity index (χ4v) is 3.53. The van der Waals surface area contributed by atoms with E-state index in [9.17, 15) is 14.7 Å². The molecular weight excluding hydrogens is 305 g/mol. The summed E-state index contributed by atoms with van der Waals surface area (Å²) in [4.78, 5) is 24.1. The van der Waals surface area contributed by atoms with Crippen molar-refractivity contribution in [1.82, 2.24) is 14.7 Å². The van der Waals surface area contributed by atoms with Crippen LogP contribution in [0.4, 0.5) is 0 Å². The van der Waals surface area contributed by atoms with E-state index in [-0.39, 0.29) is 46.5 Å². The van der Waals surface area contributed by atoms with E-state index < -0.39 is 5.97 Å². The zero-order valence-electron chi connectivity index (χ0n) is 11.1. The summed E-state index contributed by atoms with van der Waals surface area (Å²) in [6.07, 6.45) is 1.68. The van der Waals surface area contributed by atoms with Crippen molar-refractivity contribution in [2.75, 3.05) is 6.61 Å². The third-order valence-electron chi connectivity index (χ3n) is 3.36. The zero-order valence-corrected chi connectivity index (χ0v) is 13.9. The van der Waals surface area contributed by atoms with Crippen LogP contribution in [0.2, 0.25) is 0 Å². The van der Waals surface area contributed by atoms with Gasteiger partial charge in [-0.1, -0.05) is 0 Å². The van der Waals surface area contributed by atoms with Crippen molar-refractivity contribution in [2.45, 2.75) is 11.9 Å². The van der Waals surface area contributed by atoms with Crippen molar-refractivity contribution in [2.24, 2.45) is 0 Å². The molecule has 9 heteroatoms. The molecule has 0 N–H and O–H groups in total. The van der Waals surface area contributed by atoms with Gasteiger partial charge in [-0.25, -0.2) is 4.68 Å². The second-order valence-electron chi connectivity index (χ2n) is 4.53. The number of carboxylic acid groups (broad SMARTS) is 1. The van der Waals surface area contributed by atoms with Gasteiger partial charge in [0.15, 0.2) is 0 Å². The molecule has 1 saturated heterocycles. The number of β-lactam (4-membered cyclic amide) rings is 1. The van der Waals surface area contributed by atoms with Gasteiger partial charge in [-0.05, 0) is 11.5 Å². The largest absolute Gasteiger partial charge is 1.00 e. The molecule has 1 atom stereocenters. The number of amides is 1. The molecule has 1 aromatic heterocycles. The van der Waals surface area contributed by atoms with Gasteiger partial charge in [0, 0.05) is 6.07 Å². The number of hydrogen-bond donors (Lipinski definition) is 0. The Labute approximate surface area is 145 Å². The van der Waals surface area contributed by atoms with E-state index in [0.29, 0.717) is 30.3 Å². The van der Waals surface area contributed by atoms with Gasteiger partial charge in [0.2, 0.25) is 5.88 Å². The number of aliphatic carboxylic acids is 1. The average Bonchev–Trinajstić information content (AvgIpc) is 3.07. The molecule has 1 fully saturated rings. The molecule has 21 heavy (non-hydrogen) atoms. The number of carbonyl (C=O) groups excluding carboxylic acids is 2. The zero-order chi connectivity index (χ0) is 13.9. The number of carboxylic acids is 1. The van der Waals surface area contributed by atoms with E-state index in [1.54, 1.807) is 16.8 Å². The number of hydrogen-bond acceptors (Lipinski definition) is 6. The third-order valence-corrected chi connectivity index (χ3v) is 4.44. The molecule has 7 nitrogen and oxygen atoms in total. The van der Waals surface area contributed by atoms with Crippen molar-refractivity contribution in [3.8, 4) is 5.88 Å². The van der Waals surface area contributed by atoms with Crippen LogP contribution in [0.15, 0.2) is 22.7 Å². The first-order chi connectivity index (χ1) is 9.65. The average molecular weight is 313 g/mol. The molecule has 0 bridgehead atoms. The molecule has 3 aliphatic heterocycles. The van der Waals surface area contributed by atoms with Crippen molar-refractivity contribution in [1.29, 1.82) is 0 Å². The van der Waals surface area contributed by atoms with Crippen LogP contribution in [-0.4, -0.2) is 38.5 Å². The van der Waals surface area contributed by atoms with E-state index in [4.69, 9.17) is 4.74 Å². The quantitative estimate of drug-likeness (QED) is 0.316. The second-order valence-corrected chi connectivity index (χ2v) is 5.49. The Morgan fingerprint density at radius 3 is 3.10 bits per heavy atom. The molecular formula is C12H8N3NaO4S. The van der Waals surface area contributed by atoms with Gasteiger partial charge in [0.25, 0.3) is 5.91 Å². The standard InChI is InChI=1S/C12H9N3O4S.Na/c16-10-7(11-15(10)8(5-20-11)12(17)18)3-6-4-9-14(13-6)1-2-19-9;/h3-5,11H,1-2H2,(H,17,18);/q;+1/p-1/b7-3-;/t11-;/m1./s1. The van der Waals surface area contributed by atoms with E-state index in [0.717, 1.165) is 0 Å². The fourth-order valence-electron chi connectivity index (χ4n) is 2.42. The van der Waals surface area contributed by atoms with Gasteiger partial charge < -0.3 is 14.6 Å². The van der Waals surface area contributed by atoms with E-state index in [1.807, 2.05) is 0 Å². The summed E-state index contributed by atoms with van der Waals surface area (Å²) in [6, 6.07) is 1.77. The van der Waals surface area contributed by atoms with Crippen LogP contribution in [-0.2, 0) is 16.1 Å². The summed E-state index contributed by atoms with van der Waals surface area (Å²) in [6.45, 7) is 1.32. The second kappa shape index (κ2) is 5.20. The van der Waals surface area contributed by atoms with E-state index >= 15 is 0 Å². The van der Waals surface area contributed by atoms with Crippen LogP contribution in [0.5, 0.6) is 5.88 Å². The molecule has 3 aliphatic rings. The van der Waals surface area contributed by atoms with Gasteiger partial charge >= 0.3 is 29.6 Å². The first-order valence-corrected chi connectivity index (χ1v) is 6.92. The van der Waals surface area contributed by atoms with Crippen molar-refractivity contribution in [3.05, 3.63) is 28.4 Å². The summed E-state index contributed by atoms with van der Waals surface area (Å²) in [5.41, 5.74) is 1.11. The maximum atomic E-state index is 12.0. The Bertz CT molecular complexity index is 690.